The van der Waals surface area contributed by atoms with Gasteiger partial charge in [0, 0.05) is 52.2 Å². The molecule has 93 valence electrons. The number of hydrogen-bond donors (Lipinski definition) is 0. The number of para-hydroxylation sites is 1. The van der Waals surface area contributed by atoms with Crippen molar-refractivity contribution in [3.8, 4) is 0 Å². The average molecular weight is 418 g/mol. The maximum Gasteiger partial charge on any atom is 0.392 e. The fourth-order valence-electron chi connectivity index (χ4n) is 1.93. The monoisotopic (exact) mass is 418 g/mol. The third-order valence-corrected chi connectivity index (χ3v) is 2.79. The first-order chi connectivity index (χ1) is 8.43. The number of hydrogen-bond acceptors (Lipinski definition) is 4. The Morgan fingerprint density at radius 1 is 1.00 bits per heavy atom. The van der Waals surface area contributed by atoms with Gasteiger partial charge in [-0.1, -0.05) is 18.2 Å². The molecule has 2 heterocycles. The van der Waals surface area contributed by atoms with Crippen LogP contribution >= 0.6 is 0 Å². The van der Waals surface area contributed by atoms with Crippen LogP contribution in [-0.2, 0) is 21.1 Å². The zero-order valence-corrected chi connectivity index (χ0v) is 12.0. The van der Waals surface area contributed by atoms with Crippen molar-refractivity contribution in [3.63, 3.8) is 0 Å². The van der Waals surface area contributed by atoms with Crippen molar-refractivity contribution in [1.29, 1.82) is 0 Å². The van der Waals surface area contributed by atoms with Crippen LogP contribution in [0.5, 0.6) is 0 Å². The Bertz CT molecular complexity index is 436. The molecule has 6 heteroatoms. The summed E-state index contributed by atoms with van der Waals surface area (Å²) in [4.78, 5) is 12.7. The van der Waals surface area contributed by atoms with E-state index in [9.17, 15) is 0 Å². The van der Waals surface area contributed by atoms with Gasteiger partial charge in [-0.15, -0.1) is 0 Å². The maximum atomic E-state index is 4.29. The Morgan fingerprint density at radius 3 is 2.50 bits per heavy atom. The van der Waals surface area contributed by atoms with Crippen LogP contribution in [0.2, 0.25) is 0 Å². The van der Waals surface area contributed by atoms with Gasteiger partial charge in [0.15, 0.2) is 0 Å². The summed E-state index contributed by atoms with van der Waals surface area (Å²) in [5.41, 5.74) is 1.21. The SMILES string of the molecule is [B]1N(c2ccccc2)CCN1c1cnccn1.[Pt]. The molecule has 1 aromatic heterocycles. The first kappa shape index (κ1) is 13.1. The fourth-order valence-corrected chi connectivity index (χ4v) is 1.93. The summed E-state index contributed by atoms with van der Waals surface area (Å²) in [6.07, 6.45) is 5.19. The van der Waals surface area contributed by atoms with Crippen molar-refractivity contribution in [2.24, 2.45) is 0 Å². The first-order valence-corrected chi connectivity index (χ1v) is 5.63. The van der Waals surface area contributed by atoms with Gasteiger partial charge in [-0.05, 0) is 12.1 Å². The Balaban J connectivity index is 0.00000120. The van der Waals surface area contributed by atoms with E-state index in [0.29, 0.717) is 0 Å². The third-order valence-electron chi connectivity index (χ3n) is 2.79. The quantitative estimate of drug-likeness (QED) is 0.690. The van der Waals surface area contributed by atoms with Gasteiger partial charge in [-0.2, -0.15) is 0 Å². The van der Waals surface area contributed by atoms with Crippen LogP contribution in [0, 0.1) is 0 Å². The number of nitrogens with zero attached hydrogens (tertiary/aromatic N) is 4. The molecule has 0 atom stereocenters. The molecule has 0 saturated carbocycles. The average Bonchev–Trinajstić information content (AvgIpc) is 2.90. The molecule has 1 aliphatic rings. The van der Waals surface area contributed by atoms with E-state index in [1.54, 1.807) is 18.6 Å². The molecule has 18 heavy (non-hydrogen) atoms. The standard InChI is InChI=1S/C12H12BN4.Pt/c1-2-4-11(5-3-1)16-8-9-17(13-16)12-10-14-6-7-15-12;/h1-7,10H,8-9H2;. The molecule has 1 saturated heterocycles. The second-order valence-corrected chi connectivity index (χ2v) is 3.90. The van der Waals surface area contributed by atoms with E-state index in [-0.39, 0.29) is 21.1 Å². The summed E-state index contributed by atoms with van der Waals surface area (Å²) in [6, 6.07) is 10.3. The van der Waals surface area contributed by atoms with Gasteiger partial charge in [0.25, 0.3) is 0 Å². The van der Waals surface area contributed by atoms with Crippen molar-refractivity contribution in [2.75, 3.05) is 22.7 Å². The maximum absolute atomic E-state index is 4.29. The Hall–Kier alpha value is -1.35. The zero-order chi connectivity index (χ0) is 11.5. The van der Waals surface area contributed by atoms with Crippen molar-refractivity contribution in [3.05, 3.63) is 48.9 Å². The summed E-state index contributed by atoms with van der Waals surface area (Å²) in [7, 11) is 2.08. The van der Waals surface area contributed by atoms with Gasteiger partial charge in [0.05, 0.1) is 6.20 Å². The van der Waals surface area contributed by atoms with Crippen LogP contribution < -0.4 is 9.62 Å². The predicted molar refractivity (Wildman–Crippen MR) is 68.9 cm³/mol. The van der Waals surface area contributed by atoms with Gasteiger partial charge in [-0.25, -0.2) is 4.98 Å². The van der Waals surface area contributed by atoms with E-state index in [1.807, 2.05) is 18.2 Å². The molecule has 0 N–H and O–H groups in total. The van der Waals surface area contributed by atoms with Crippen molar-refractivity contribution >= 4 is 19.1 Å². The number of anilines is 2. The molecule has 1 aromatic carbocycles. The van der Waals surface area contributed by atoms with E-state index in [1.165, 1.54) is 5.69 Å². The molecular weight excluding hydrogens is 406 g/mol. The zero-order valence-electron chi connectivity index (χ0n) is 9.72. The molecule has 0 amide bonds. The molecule has 3 rings (SSSR count). The van der Waals surface area contributed by atoms with E-state index >= 15 is 0 Å². The summed E-state index contributed by atoms with van der Waals surface area (Å²) in [5, 5.41) is 0. The summed E-state index contributed by atoms with van der Waals surface area (Å²) >= 11 is 0. The third kappa shape index (κ3) is 2.73. The number of benzene rings is 1. The molecule has 0 bridgehead atoms. The van der Waals surface area contributed by atoms with Gasteiger partial charge in [-0.3, -0.25) is 4.98 Å². The first-order valence-electron chi connectivity index (χ1n) is 5.63. The van der Waals surface area contributed by atoms with E-state index in [2.05, 4.69) is 39.3 Å². The molecule has 1 fully saturated rings. The van der Waals surface area contributed by atoms with E-state index in [0.717, 1.165) is 18.9 Å². The summed E-state index contributed by atoms with van der Waals surface area (Å²) in [6.45, 7) is 1.91. The minimum Gasteiger partial charge on any atom is -0.397 e. The molecule has 0 aliphatic carbocycles. The van der Waals surface area contributed by atoms with Gasteiger partial charge < -0.3 is 9.62 Å². The van der Waals surface area contributed by atoms with Crippen LogP contribution in [-0.4, -0.2) is 30.6 Å². The summed E-state index contributed by atoms with van der Waals surface area (Å²) in [5.74, 6) is 0.894. The summed E-state index contributed by atoms with van der Waals surface area (Å²) < 4.78 is 0. The van der Waals surface area contributed by atoms with Crippen molar-refractivity contribution < 1.29 is 21.1 Å². The molecule has 1 aliphatic heterocycles. The van der Waals surface area contributed by atoms with Crippen LogP contribution in [0.15, 0.2) is 48.9 Å². The molecule has 0 unspecified atom stereocenters. The van der Waals surface area contributed by atoms with Gasteiger partial charge >= 0.3 is 7.55 Å². The van der Waals surface area contributed by atoms with Gasteiger partial charge in [0.2, 0.25) is 0 Å². The fraction of sp³-hybridized carbons (Fsp3) is 0.167. The van der Waals surface area contributed by atoms with Crippen LogP contribution in [0.1, 0.15) is 0 Å². The topological polar surface area (TPSA) is 32.3 Å². The largest absolute Gasteiger partial charge is 0.397 e. The molecule has 2 aromatic rings. The van der Waals surface area contributed by atoms with E-state index < -0.39 is 0 Å². The van der Waals surface area contributed by atoms with Crippen LogP contribution in [0.25, 0.3) is 0 Å². The Kier molecular flexibility index (Phi) is 4.37. The van der Waals surface area contributed by atoms with Crippen molar-refractivity contribution in [2.45, 2.75) is 0 Å². The predicted octanol–water partition coefficient (Wildman–Crippen LogP) is 1.33. The van der Waals surface area contributed by atoms with Crippen LogP contribution in [0.3, 0.4) is 0 Å². The van der Waals surface area contributed by atoms with Gasteiger partial charge in [0.1, 0.15) is 5.82 Å². The minimum absolute atomic E-state index is 0. The normalized spacial score (nSPS) is 14.0. The number of rotatable bonds is 2. The minimum atomic E-state index is 0. The smallest absolute Gasteiger partial charge is 0.392 e. The Labute approximate surface area is 122 Å². The van der Waals surface area contributed by atoms with Crippen molar-refractivity contribution in [1.82, 2.24) is 9.97 Å². The number of aromatic nitrogens is 2. The molecule has 4 nitrogen and oxygen atoms in total. The Morgan fingerprint density at radius 2 is 1.78 bits per heavy atom. The second kappa shape index (κ2) is 6.01. The van der Waals surface area contributed by atoms with E-state index in [4.69, 9.17) is 0 Å². The molecule has 1 radical (unpaired) electrons. The van der Waals surface area contributed by atoms with Crippen LogP contribution in [0.4, 0.5) is 11.5 Å². The molecular formula is C12H12BN4Pt. The molecule has 0 spiro atoms. The second-order valence-electron chi connectivity index (χ2n) is 3.90.